The van der Waals surface area contributed by atoms with Crippen LogP contribution in [0.1, 0.15) is 52.5 Å². The van der Waals surface area contributed by atoms with Crippen molar-refractivity contribution in [1.82, 2.24) is 15.2 Å². The van der Waals surface area contributed by atoms with Gasteiger partial charge in [0.25, 0.3) is 0 Å². The Bertz CT molecular complexity index is 629. The maximum Gasteiger partial charge on any atom is 0.208 e. The third-order valence-electron chi connectivity index (χ3n) is 4.12. The number of aromatic amines is 1. The van der Waals surface area contributed by atoms with Gasteiger partial charge in [0, 0.05) is 11.3 Å². The third-order valence-corrected chi connectivity index (χ3v) is 6.01. The van der Waals surface area contributed by atoms with E-state index in [9.17, 15) is 4.79 Å². The molecular formula is C16H21N3OS2. The van der Waals surface area contributed by atoms with Crippen LogP contribution >= 0.6 is 23.1 Å². The van der Waals surface area contributed by atoms with Crippen LogP contribution in [0.5, 0.6) is 0 Å². The minimum Gasteiger partial charge on any atom is -0.292 e. The number of ketones is 1. The zero-order valence-electron chi connectivity index (χ0n) is 12.8. The summed E-state index contributed by atoms with van der Waals surface area (Å²) in [6, 6.07) is 3.88. The Labute approximate surface area is 139 Å². The van der Waals surface area contributed by atoms with Gasteiger partial charge in [-0.25, -0.2) is 4.98 Å². The quantitative estimate of drug-likeness (QED) is 0.606. The maximum atomic E-state index is 12.1. The van der Waals surface area contributed by atoms with Crippen LogP contribution in [0.15, 0.2) is 17.3 Å². The zero-order chi connectivity index (χ0) is 15.4. The molecule has 0 spiro atoms. The minimum atomic E-state index is 0.153. The SMILES string of the molecule is Cc1ccc(C(=O)CSc2n[nH]c(CCC3CCCC3)n2)s1. The monoisotopic (exact) mass is 335 g/mol. The lowest BCUT2D eigenvalue weighted by atomic mass is 10.0. The average molecular weight is 335 g/mol. The summed E-state index contributed by atoms with van der Waals surface area (Å²) in [5.41, 5.74) is 0. The molecule has 1 fully saturated rings. The van der Waals surface area contributed by atoms with Crippen LogP contribution in [0.25, 0.3) is 0 Å². The highest BCUT2D eigenvalue weighted by molar-refractivity contribution is 7.99. The molecule has 118 valence electrons. The predicted molar refractivity (Wildman–Crippen MR) is 90.8 cm³/mol. The fraction of sp³-hybridized carbons (Fsp3) is 0.562. The smallest absolute Gasteiger partial charge is 0.208 e. The molecule has 0 aliphatic heterocycles. The van der Waals surface area contributed by atoms with Gasteiger partial charge in [0.05, 0.1) is 10.6 Å². The number of rotatable bonds is 7. The third kappa shape index (κ3) is 4.20. The Morgan fingerprint density at radius 1 is 1.41 bits per heavy atom. The van der Waals surface area contributed by atoms with E-state index in [1.807, 2.05) is 19.1 Å². The van der Waals surface area contributed by atoms with Crippen molar-refractivity contribution >= 4 is 28.9 Å². The molecule has 1 aliphatic carbocycles. The van der Waals surface area contributed by atoms with E-state index < -0.39 is 0 Å². The first-order valence-corrected chi connectivity index (χ1v) is 9.64. The molecule has 2 aromatic rings. The molecule has 6 heteroatoms. The van der Waals surface area contributed by atoms with Crippen LogP contribution in [0.4, 0.5) is 0 Å². The number of aromatic nitrogens is 3. The highest BCUT2D eigenvalue weighted by atomic mass is 32.2. The van der Waals surface area contributed by atoms with Crippen molar-refractivity contribution in [2.24, 2.45) is 5.92 Å². The van der Waals surface area contributed by atoms with Crippen LogP contribution in [-0.4, -0.2) is 26.7 Å². The number of Topliss-reactive ketones (excluding diaryl/α,β-unsaturated/α-hetero) is 1. The molecule has 0 amide bonds. The molecule has 0 atom stereocenters. The molecule has 22 heavy (non-hydrogen) atoms. The molecule has 2 aromatic heterocycles. The Hall–Kier alpha value is -1.14. The van der Waals surface area contributed by atoms with E-state index in [2.05, 4.69) is 15.2 Å². The summed E-state index contributed by atoms with van der Waals surface area (Å²) in [4.78, 5) is 18.5. The summed E-state index contributed by atoms with van der Waals surface area (Å²) < 4.78 is 0. The zero-order valence-corrected chi connectivity index (χ0v) is 14.4. The molecule has 0 aromatic carbocycles. The van der Waals surface area contributed by atoms with E-state index in [4.69, 9.17) is 0 Å². The van der Waals surface area contributed by atoms with Gasteiger partial charge in [0.2, 0.25) is 5.16 Å². The Balaban J connectivity index is 1.46. The van der Waals surface area contributed by atoms with Gasteiger partial charge in [-0.2, -0.15) is 0 Å². The minimum absolute atomic E-state index is 0.153. The lowest BCUT2D eigenvalue weighted by Gasteiger charge is -2.05. The number of hydrogen-bond donors (Lipinski definition) is 1. The first kappa shape index (κ1) is 15.7. The van der Waals surface area contributed by atoms with Crippen LogP contribution in [0.3, 0.4) is 0 Å². The molecule has 0 bridgehead atoms. The lowest BCUT2D eigenvalue weighted by Crippen LogP contribution is -1.99. The van der Waals surface area contributed by atoms with Crippen molar-refractivity contribution in [2.75, 3.05) is 5.75 Å². The molecular weight excluding hydrogens is 314 g/mol. The summed E-state index contributed by atoms with van der Waals surface area (Å²) in [7, 11) is 0. The largest absolute Gasteiger partial charge is 0.292 e. The van der Waals surface area contributed by atoms with Gasteiger partial charge in [-0.15, -0.1) is 16.4 Å². The number of aryl methyl sites for hydroxylation is 2. The van der Waals surface area contributed by atoms with E-state index in [0.29, 0.717) is 10.9 Å². The highest BCUT2D eigenvalue weighted by Crippen LogP contribution is 2.28. The van der Waals surface area contributed by atoms with Crippen molar-refractivity contribution in [3.63, 3.8) is 0 Å². The summed E-state index contributed by atoms with van der Waals surface area (Å²) in [5.74, 6) is 2.37. The molecule has 2 heterocycles. The number of thioether (sulfide) groups is 1. The summed E-state index contributed by atoms with van der Waals surface area (Å²) >= 11 is 2.96. The predicted octanol–water partition coefficient (Wildman–Crippen LogP) is 4.27. The first-order chi connectivity index (χ1) is 10.7. The average Bonchev–Trinajstić information content (AvgIpc) is 3.24. The number of carbonyl (C=O) groups is 1. The summed E-state index contributed by atoms with van der Waals surface area (Å²) in [6.45, 7) is 2.01. The van der Waals surface area contributed by atoms with Gasteiger partial charge in [-0.05, 0) is 31.4 Å². The van der Waals surface area contributed by atoms with Gasteiger partial charge in [0.15, 0.2) is 5.78 Å². The number of nitrogens with zero attached hydrogens (tertiary/aromatic N) is 2. The second kappa shape index (κ2) is 7.42. The fourth-order valence-electron chi connectivity index (χ4n) is 2.88. The van der Waals surface area contributed by atoms with Crippen molar-refractivity contribution in [1.29, 1.82) is 0 Å². The van der Waals surface area contributed by atoms with E-state index in [0.717, 1.165) is 23.0 Å². The molecule has 0 radical (unpaired) electrons. The van der Waals surface area contributed by atoms with Crippen molar-refractivity contribution in [3.05, 3.63) is 27.7 Å². The normalized spacial score (nSPS) is 15.5. The number of carbonyl (C=O) groups excluding carboxylic acids is 1. The molecule has 1 N–H and O–H groups in total. The Morgan fingerprint density at radius 3 is 2.95 bits per heavy atom. The van der Waals surface area contributed by atoms with Gasteiger partial charge in [-0.3, -0.25) is 9.89 Å². The molecule has 4 nitrogen and oxygen atoms in total. The number of nitrogens with one attached hydrogen (secondary N) is 1. The number of H-pyrrole nitrogens is 1. The summed E-state index contributed by atoms with van der Waals surface area (Å²) in [5, 5.41) is 7.90. The Morgan fingerprint density at radius 2 is 2.23 bits per heavy atom. The molecule has 1 saturated carbocycles. The van der Waals surface area contributed by atoms with Gasteiger partial charge in [-0.1, -0.05) is 37.4 Å². The maximum absolute atomic E-state index is 12.1. The topological polar surface area (TPSA) is 58.6 Å². The molecule has 1 aliphatic rings. The highest BCUT2D eigenvalue weighted by Gasteiger charge is 2.16. The van der Waals surface area contributed by atoms with Gasteiger partial charge < -0.3 is 0 Å². The van der Waals surface area contributed by atoms with E-state index in [1.165, 1.54) is 48.7 Å². The number of thiophene rings is 1. The van der Waals surface area contributed by atoms with Crippen molar-refractivity contribution in [2.45, 2.75) is 50.6 Å². The van der Waals surface area contributed by atoms with Crippen molar-refractivity contribution < 1.29 is 4.79 Å². The summed E-state index contributed by atoms with van der Waals surface area (Å²) in [6.07, 6.45) is 7.66. The second-order valence-electron chi connectivity index (χ2n) is 5.88. The van der Waals surface area contributed by atoms with Crippen LogP contribution in [0.2, 0.25) is 0 Å². The Kier molecular flexibility index (Phi) is 5.31. The van der Waals surface area contributed by atoms with E-state index in [-0.39, 0.29) is 5.78 Å². The fourth-order valence-corrected chi connectivity index (χ4v) is 4.48. The van der Waals surface area contributed by atoms with Crippen LogP contribution in [-0.2, 0) is 6.42 Å². The molecule has 0 unspecified atom stereocenters. The second-order valence-corrected chi connectivity index (χ2v) is 8.11. The van der Waals surface area contributed by atoms with Crippen molar-refractivity contribution in [3.8, 4) is 0 Å². The van der Waals surface area contributed by atoms with Gasteiger partial charge in [0.1, 0.15) is 5.82 Å². The van der Waals surface area contributed by atoms with E-state index in [1.54, 1.807) is 11.3 Å². The molecule has 3 rings (SSSR count). The van der Waals surface area contributed by atoms with Crippen LogP contribution < -0.4 is 0 Å². The number of hydrogen-bond acceptors (Lipinski definition) is 5. The van der Waals surface area contributed by atoms with Crippen LogP contribution in [0, 0.1) is 12.8 Å². The van der Waals surface area contributed by atoms with Gasteiger partial charge >= 0.3 is 0 Å². The molecule has 0 saturated heterocycles. The first-order valence-electron chi connectivity index (χ1n) is 7.84. The standard InChI is InChI=1S/C16H21N3OS2/c1-11-6-8-14(22-11)13(20)10-21-16-17-15(18-19-16)9-7-12-4-2-3-5-12/h6,8,12H,2-5,7,9-10H2,1H3,(H,17,18,19). The lowest BCUT2D eigenvalue weighted by molar-refractivity contribution is 0.102. The van der Waals surface area contributed by atoms with E-state index >= 15 is 0 Å².